The van der Waals surface area contributed by atoms with Crippen molar-refractivity contribution in [1.29, 1.82) is 0 Å². The molecule has 3 nitrogen and oxygen atoms in total. The lowest BCUT2D eigenvalue weighted by Crippen LogP contribution is -2.15. The van der Waals surface area contributed by atoms with E-state index >= 15 is 0 Å². The van der Waals surface area contributed by atoms with Crippen molar-refractivity contribution in [1.82, 2.24) is 0 Å². The van der Waals surface area contributed by atoms with E-state index in [9.17, 15) is 4.79 Å². The SMILES string of the molecule is Cc1cc(Cl)c(NCc2ccccc2C(N)=O)cc1Cl. The smallest absolute Gasteiger partial charge is 0.249 e. The molecule has 20 heavy (non-hydrogen) atoms. The van der Waals surface area contributed by atoms with Gasteiger partial charge in [-0.3, -0.25) is 4.79 Å². The average Bonchev–Trinajstić information content (AvgIpc) is 2.41. The van der Waals surface area contributed by atoms with Gasteiger partial charge in [-0.15, -0.1) is 0 Å². The number of primary amides is 1. The van der Waals surface area contributed by atoms with Gasteiger partial charge in [0.2, 0.25) is 5.91 Å². The van der Waals surface area contributed by atoms with Crippen LogP contribution in [-0.2, 0) is 6.54 Å². The normalized spacial score (nSPS) is 10.3. The third kappa shape index (κ3) is 3.24. The maximum atomic E-state index is 11.3. The molecule has 0 aliphatic carbocycles. The number of halogens is 2. The van der Waals surface area contributed by atoms with Crippen molar-refractivity contribution in [2.45, 2.75) is 13.5 Å². The second kappa shape index (κ2) is 6.16. The third-order valence-electron chi connectivity index (χ3n) is 3.00. The Hall–Kier alpha value is -1.71. The summed E-state index contributed by atoms with van der Waals surface area (Å²) in [4.78, 5) is 11.3. The van der Waals surface area contributed by atoms with Gasteiger partial charge in [-0.25, -0.2) is 0 Å². The number of amides is 1. The van der Waals surface area contributed by atoms with Gasteiger partial charge in [0.15, 0.2) is 0 Å². The van der Waals surface area contributed by atoms with Crippen molar-refractivity contribution in [3.63, 3.8) is 0 Å². The second-order valence-electron chi connectivity index (χ2n) is 4.46. The third-order valence-corrected chi connectivity index (χ3v) is 3.72. The van der Waals surface area contributed by atoms with E-state index in [1.54, 1.807) is 24.3 Å². The Labute approximate surface area is 127 Å². The maximum absolute atomic E-state index is 11.3. The highest BCUT2D eigenvalue weighted by Gasteiger charge is 2.08. The van der Waals surface area contributed by atoms with E-state index in [4.69, 9.17) is 28.9 Å². The van der Waals surface area contributed by atoms with E-state index in [1.807, 2.05) is 19.1 Å². The monoisotopic (exact) mass is 308 g/mol. The molecule has 2 rings (SSSR count). The summed E-state index contributed by atoms with van der Waals surface area (Å²) in [5.41, 5.74) is 8.29. The molecule has 0 atom stereocenters. The lowest BCUT2D eigenvalue weighted by molar-refractivity contribution is 0.0999. The number of hydrogen-bond acceptors (Lipinski definition) is 2. The zero-order valence-electron chi connectivity index (χ0n) is 10.9. The summed E-state index contributed by atoms with van der Waals surface area (Å²) in [7, 11) is 0. The predicted octanol–water partition coefficient (Wildman–Crippen LogP) is 4.01. The van der Waals surface area contributed by atoms with Crippen LogP contribution in [0, 0.1) is 6.92 Å². The number of nitrogens with two attached hydrogens (primary N) is 1. The van der Waals surface area contributed by atoms with Gasteiger partial charge >= 0.3 is 0 Å². The Morgan fingerprint density at radius 1 is 1.20 bits per heavy atom. The molecule has 2 aromatic carbocycles. The largest absolute Gasteiger partial charge is 0.380 e. The molecule has 0 aromatic heterocycles. The first-order valence-electron chi connectivity index (χ1n) is 6.06. The number of hydrogen-bond donors (Lipinski definition) is 2. The molecule has 0 heterocycles. The van der Waals surface area contributed by atoms with Gasteiger partial charge in [0.1, 0.15) is 0 Å². The van der Waals surface area contributed by atoms with Crippen molar-refractivity contribution in [3.8, 4) is 0 Å². The summed E-state index contributed by atoms with van der Waals surface area (Å²) in [6.07, 6.45) is 0. The highest BCUT2D eigenvalue weighted by Crippen LogP contribution is 2.29. The number of carbonyl (C=O) groups is 1. The summed E-state index contributed by atoms with van der Waals surface area (Å²) < 4.78 is 0. The van der Waals surface area contributed by atoms with Crippen molar-refractivity contribution in [2.75, 3.05) is 5.32 Å². The Morgan fingerprint density at radius 3 is 2.60 bits per heavy atom. The van der Waals surface area contributed by atoms with Crippen LogP contribution in [0.3, 0.4) is 0 Å². The molecule has 0 aliphatic rings. The van der Waals surface area contributed by atoms with Gasteiger partial charge in [-0.1, -0.05) is 41.4 Å². The van der Waals surface area contributed by atoms with Crippen LogP contribution in [0.25, 0.3) is 0 Å². The quantitative estimate of drug-likeness (QED) is 0.896. The molecule has 1 amide bonds. The lowest BCUT2D eigenvalue weighted by atomic mass is 10.1. The van der Waals surface area contributed by atoms with Gasteiger partial charge < -0.3 is 11.1 Å². The van der Waals surface area contributed by atoms with Crippen molar-refractivity contribution in [2.24, 2.45) is 5.73 Å². The standard InChI is InChI=1S/C15H14Cl2N2O/c1-9-6-13(17)14(7-12(9)16)19-8-10-4-2-3-5-11(10)15(18)20/h2-7,19H,8H2,1H3,(H2,18,20). The first kappa shape index (κ1) is 14.7. The summed E-state index contributed by atoms with van der Waals surface area (Å²) in [6, 6.07) is 10.7. The minimum Gasteiger partial charge on any atom is -0.380 e. The first-order valence-corrected chi connectivity index (χ1v) is 6.82. The molecule has 0 unspecified atom stereocenters. The van der Waals surface area contributed by atoms with Gasteiger partial charge in [0.05, 0.1) is 10.7 Å². The summed E-state index contributed by atoms with van der Waals surface area (Å²) in [5.74, 6) is -0.449. The van der Waals surface area contributed by atoms with Crippen molar-refractivity contribution >= 4 is 34.8 Å². The molecule has 0 bridgehead atoms. The Balaban J connectivity index is 2.21. The topological polar surface area (TPSA) is 55.1 Å². The minimum atomic E-state index is -0.449. The molecule has 2 aromatic rings. The van der Waals surface area contributed by atoms with Crippen LogP contribution in [-0.4, -0.2) is 5.91 Å². The molecular weight excluding hydrogens is 295 g/mol. The molecule has 0 saturated heterocycles. The predicted molar refractivity (Wildman–Crippen MR) is 83.5 cm³/mol. The van der Waals surface area contributed by atoms with E-state index in [1.165, 1.54) is 0 Å². The van der Waals surface area contributed by atoms with Crippen LogP contribution in [0.1, 0.15) is 21.5 Å². The van der Waals surface area contributed by atoms with E-state index in [0.717, 1.165) is 16.8 Å². The van der Waals surface area contributed by atoms with Crippen LogP contribution in [0.2, 0.25) is 10.0 Å². The molecule has 0 spiro atoms. The fraction of sp³-hybridized carbons (Fsp3) is 0.133. The van der Waals surface area contributed by atoms with Crippen LogP contribution < -0.4 is 11.1 Å². The number of benzene rings is 2. The molecule has 104 valence electrons. The van der Waals surface area contributed by atoms with Crippen LogP contribution in [0.4, 0.5) is 5.69 Å². The highest BCUT2D eigenvalue weighted by atomic mass is 35.5. The molecule has 3 N–H and O–H groups in total. The number of anilines is 1. The highest BCUT2D eigenvalue weighted by molar-refractivity contribution is 6.35. The van der Waals surface area contributed by atoms with Gasteiger partial charge in [0, 0.05) is 17.1 Å². The fourth-order valence-electron chi connectivity index (χ4n) is 1.89. The molecule has 0 saturated carbocycles. The van der Waals surface area contributed by atoms with E-state index in [2.05, 4.69) is 5.32 Å². The van der Waals surface area contributed by atoms with Crippen LogP contribution in [0.15, 0.2) is 36.4 Å². The summed E-state index contributed by atoms with van der Waals surface area (Å²) >= 11 is 12.2. The van der Waals surface area contributed by atoms with Crippen molar-refractivity contribution in [3.05, 3.63) is 63.1 Å². The Bertz CT molecular complexity index is 656. The second-order valence-corrected chi connectivity index (χ2v) is 5.27. The zero-order valence-corrected chi connectivity index (χ0v) is 12.4. The zero-order chi connectivity index (χ0) is 14.7. The van der Waals surface area contributed by atoms with Gasteiger partial charge in [0.25, 0.3) is 0 Å². The molecular formula is C15H14Cl2N2O. The van der Waals surface area contributed by atoms with Crippen LogP contribution >= 0.6 is 23.2 Å². The maximum Gasteiger partial charge on any atom is 0.249 e. The minimum absolute atomic E-state index is 0.443. The first-order chi connectivity index (χ1) is 9.49. The molecule has 0 fully saturated rings. The number of aryl methyl sites for hydroxylation is 1. The molecule has 0 aliphatic heterocycles. The number of carbonyl (C=O) groups excluding carboxylic acids is 1. The van der Waals surface area contributed by atoms with E-state index in [0.29, 0.717) is 22.2 Å². The molecule has 5 heteroatoms. The van der Waals surface area contributed by atoms with Gasteiger partial charge in [-0.05, 0) is 36.2 Å². The summed E-state index contributed by atoms with van der Waals surface area (Å²) in [6.45, 7) is 2.33. The Morgan fingerprint density at radius 2 is 1.90 bits per heavy atom. The lowest BCUT2D eigenvalue weighted by Gasteiger charge is -2.12. The van der Waals surface area contributed by atoms with Crippen LogP contribution in [0.5, 0.6) is 0 Å². The van der Waals surface area contributed by atoms with Crippen molar-refractivity contribution < 1.29 is 4.79 Å². The molecule has 0 radical (unpaired) electrons. The summed E-state index contributed by atoms with van der Waals surface area (Å²) in [5, 5.41) is 4.39. The van der Waals surface area contributed by atoms with E-state index < -0.39 is 5.91 Å². The van der Waals surface area contributed by atoms with E-state index in [-0.39, 0.29) is 0 Å². The van der Waals surface area contributed by atoms with Gasteiger partial charge in [-0.2, -0.15) is 0 Å². The fourth-order valence-corrected chi connectivity index (χ4v) is 2.34. The number of nitrogens with one attached hydrogen (secondary N) is 1. The Kier molecular flexibility index (Phi) is 4.53. The average molecular weight is 309 g/mol. The number of rotatable bonds is 4.